The summed E-state index contributed by atoms with van der Waals surface area (Å²) in [7, 11) is 0. The van der Waals surface area contributed by atoms with Gasteiger partial charge in [-0.15, -0.1) is 0 Å². The molecule has 2 N–H and O–H groups in total. The highest BCUT2D eigenvalue weighted by atomic mass is 16.5. The van der Waals surface area contributed by atoms with E-state index in [4.69, 9.17) is 10.5 Å². The second-order valence-electron chi connectivity index (χ2n) is 5.97. The van der Waals surface area contributed by atoms with E-state index in [0.717, 1.165) is 38.5 Å². The third-order valence-electron chi connectivity index (χ3n) is 4.77. The second-order valence-corrected chi connectivity index (χ2v) is 5.97. The zero-order valence-electron chi connectivity index (χ0n) is 11.8. The van der Waals surface area contributed by atoms with Crippen LogP contribution in [0.15, 0.2) is 0 Å². The van der Waals surface area contributed by atoms with Gasteiger partial charge in [-0.05, 0) is 31.1 Å². The van der Waals surface area contributed by atoms with Crippen molar-refractivity contribution in [2.75, 3.05) is 6.61 Å². The number of fused-ring (bicyclic) bond motifs is 1. The predicted molar refractivity (Wildman–Crippen MR) is 72.5 cm³/mol. The number of ether oxygens (including phenoxy) is 1. The van der Waals surface area contributed by atoms with Crippen LogP contribution in [0.4, 0.5) is 0 Å². The number of hydrogen-bond donors (Lipinski definition) is 1. The van der Waals surface area contributed by atoms with Crippen molar-refractivity contribution in [2.45, 2.75) is 63.8 Å². The van der Waals surface area contributed by atoms with Crippen LogP contribution in [-0.2, 0) is 14.3 Å². The molecule has 4 nitrogen and oxygen atoms in total. The minimum Gasteiger partial charge on any atom is -0.464 e. The van der Waals surface area contributed by atoms with Gasteiger partial charge >= 0.3 is 5.97 Å². The number of nitrogens with two attached hydrogens (primary N) is 1. The van der Waals surface area contributed by atoms with Gasteiger partial charge in [-0.25, -0.2) is 4.79 Å². The van der Waals surface area contributed by atoms with E-state index in [1.165, 1.54) is 6.42 Å². The Bertz CT molecular complexity index is 355. The number of rotatable bonds is 4. The van der Waals surface area contributed by atoms with Crippen LogP contribution in [0, 0.1) is 11.8 Å². The summed E-state index contributed by atoms with van der Waals surface area (Å²) in [6.45, 7) is 2.41. The van der Waals surface area contributed by atoms with Gasteiger partial charge < -0.3 is 10.5 Å². The first-order chi connectivity index (χ1) is 9.10. The molecule has 0 amide bonds. The van der Waals surface area contributed by atoms with Crippen LogP contribution in [0.1, 0.15) is 58.3 Å². The van der Waals surface area contributed by atoms with Gasteiger partial charge in [0.05, 0.1) is 6.61 Å². The lowest BCUT2D eigenvalue weighted by Crippen LogP contribution is -2.65. The molecule has 108 valence electrons. The Morgan fingerprint density at radius 2 is 2.11 bits per heavy atom. The summed E-state index contributed by atoms with van der Waals surface area (Å²) in [5.74, 6) is -0.175. The average molecular weight is 267 g/mol. The number of esters is 1. The van der Waals surface area contributed by atoms with E-state index in [9.17, 15) is 9.59 Å². The minimum absolute atomic E-state index is 0.00312. The van der Waals surface area contributed by atoms with E-state index in [0.29, 0.717) is 18.9 Å². The molecule has 2 rings (SSSR count). The van der Waals surface area contributed by atoms with Crippen molar-refractivity contribution in [2.24, 2.45) is 17.6 Å². The molecule has 19 heavy (non-hydrogen) atoms. The van der Waals surface area contributed by atoms with Crippen molar-refractivity contribution in [3.8, 4) is 0 Å². The van der Waals surface area contributed by atoms with Crippen LogP contribution in [-0.4, -0.2) is 23.9 Å². The van der Waals surface area contributed by atoms with E-state index >= 15 is 0 Å². The highest BCUT2D eigenvalue weighted by Crippen LogP contribution is 2.43. The smallest absolute Gasteiger partial charge is 0.334 e. The summed E-state index contributed by atoms with van der Waals surface area (Å²) >= 11 is 0. The fraction of sp³-hybridized carbons (Fsp3) is 0.867. The largest absolute Gasteiger partial charge is 0.464 e. The first kappa shape index (κ1) is 14.5. The normalized spacial score (nSPS) is 34.7. The van der Waals surface area contributed by atoms with Gasteiger partial charge in [-0.3, -0.25) is 4.79 Å². The minimum atomic E-state index is -1.36. The lowest BCUT2D eigenvalue weighted by Gasteiger charge is -2.45. The summed E-state index contributed by atoms with van der Waals surface area (Å²) in [5.41, 5.74) is 4.89. The molecule has 3 atom stereocenters. The van der Waals surface area contributed by atoms with Crippen LogP contribution in [0.25, 0.3) is 0 Å². The molecule has 0 saturated heterocycles. The molecule has 3 unspecified atom stereocenters. The summed E-state index contributed by atoms with van der Waals surface area (Å²) in [4.78, 5) is 24.5. The molecular weight excluding hydrogens is 242 g/mol. The predicted octanol–water partition coefficient (Wildman–Crippen LogP) is 2.20. The van der Waals surface area contributed by atoms with Crippen molar-refractivity contribution in [1.29, 1.82) is 0 Å². The van der Waals surface area contributed by atoms with Gasteiger partial charge in [-0.2, -0.15) is 0 Å². The maximum Gasteiger partial charge on any atom is 0.334 e. The summed E-state index contributed by atoms with van der Waals surface area (Å²) < 4.78 is 5.26. The fourth-order valence-electron chi connectivity index (χ4n) is 3.58. The molecule has 0 aromatic heterocycles. The van der Waals surface area contributed by atoms with Crippen molar-refractivity contribution < 1.29 is 14.3 Å². The highest BCUT2D eigenvalue weighted by molar-refractivity contribution is 6.09. The SMILES string of the molecule is CCCCOC(=O)C1(N)C(=O)CCC2CCCCC21. The number of Topliss-reactive ketones (excluding diaryl/α,β-unsaturated/α-hetero) is 1. The number of ketones is 1. The number of carbonyl (C=O) groups is 2. The first-order valence-corrected chi connectivity index (χ1v) is 7.60. The maximum atomic E-state index is 12.3. The zero-order chi connectivity index (χ0) is 13.9. The summed E-state index contributed by atoms with van der Waals surface area (Å²) in [6.07, 6.45) is 7.35. The van der Waals surface area contributed by atoms with Crippen LogP contribution >= 0.6 is 0 Å². The fourth-order valence-corrected chi connectivity index (χ4v) is 3.58. The summed E-state index contributed by atoms with van der Waals surface area (Å²) in [5, 5.41) is 0. The Labute approximate surface area is 115 Å². The molecule has 0 bridgehead atoms. The monoisotopic (exact) mass is 267 g/mol. The molecule has 2 fully saturated rings. The molecule has 0 aromatic rings. The van der Waals surface area contributed by atoms with E-state index in [1.54, 1.807) is 0 Å². The average Bonchev–Trinajstić information content (AvgIpc) is 2.43. The third-order valence-corrected chi connectivity index (χ3v) is 4.77. The van der Waals surface area contributed by atoms with Crippen molar-refractivity contribution in [1.82, 2.24) is 0 Å². The molecule has 0 heterocycles. The van der Waals surface area contributed by atoms with Crippen molar-refractivity contribution in [3.05, 3.63) is 0 Å². The Hall–Kier alpha value is -0.900. The Kier molecular flexibility index (Phi) is 4.61. The molecular formula is C15H25NO3. The van der Waals surface area contributed by atoms with Gasteiger partial charge in [0.25, 0.3) is 0 Å². The Balaban J connectivity index is 2.11. The van der Waals surface area contributed by atoms with E-state index in [2.05, 4.69) is 0 Å². The number of unbranched alkanes of at least 4 members (excludes halogenated alkanes) is 1. The first-order valence-electron chi connectivity index (χ1n) is 7.60. The third kappa shape index (κ3) is 2.69. The lowest BCUT2D eigenvalue weighted by atomic mass is 9.61. The Morgan fingerprint density at radius 3 is 2.84 bits per heavy atom. The Morgan fingerprint density at radius 1 is 1.37 bits per heavy atom. The van der Waals surface area contributed by atoms with Gasteiger partial charge in [-0.1, -0.05) is 32.6 Å². The molecule has 0 aromatic carbocycles. The topological polar surface area (TPSA) is 69.4 Å². The molecule has 0 radical (unpaired) electrons. The van der Waals surface area contributed by atoms with Crippen LogP contribution in [0.2, 0.25) is 0 Å². The van der Waals surface area contributed by atoms with Gasteiger partial charge in [0.2, 0.25) is 0 Å². The van der Waals surface area contributed by atoms with Crippen molar-refractivity contribution >= 4 is 11.8 Å². The number of carbonyl (C=O) groups excluding carboxylic acids is 2. The van der Waals surface area contributed by atoms with Crippen LogP contribution in [0.5, 0.6) is 0 Å². The molecule has 2 saturated carbocycles. The molecule has 0 aliphatic heterocycles. The summed E-state index contributed by atoms with van der Waals surface area (Å²) in [6, 6.07) is 0. The van der Waals surface area contributed by atoms with Gasteiger partial charge in [0.1, 0.15) is 0 Å². The second kappa shape index (κ2) is 6.04. The lowest BCUT2D eigenvalue weighted by molar-refractivity contribution is -0.161. The molecule has 2 aliphatic rings. The molecule has 0 spiro atoms. The van der Waals surface area contributed by atoms with E-state index in [-0.39, 0.29) is 11.7 Å². The number of hydrogen-bond acceptors (Lipinski definition) is 4. The van der Waals surface area contributed by atoms with Crippen LogP contribution < -0.4 is 5.73 Å². The zero-order valence-corrected chi connectivity index (χ0v) is 11.8. The van der Waals surface area contributed by atoms with Gasteiger partial charge in [0.15, 0.2) is 11.3 Å². The maximum absolute atomic E-state index is 12.3. The van der Waals surface area contributed by atoms with E-state index in [1.807, 2.05) is 6.92 Å². The van der Waals surface area contributed by atoms with Crippen molar-refractivity contribution in [3.63, 3.8) is 0 Å². The van der Waals surface area contributed by atoms with Crippen LogP contribution in [0.3, 0.4) is 0 Å². The van der Waals surface area contributed by atoms with Gasteiger partial charge in [0, 0.05) is 6.42 Å². The van der Waals surface area contributed by atoms with E-state index < -0.39 is 11.5 Å². The quantitative estimate of drug-likeness (QED) is 0.481. The molecule has 2 aliphatic carbocycles. The highest BCUT2D eigenvalue weighted by Gasteiger charge is 2.55. The standard InChI is InChI=1S/C15H25NO3/c1-2-3-10-19-14(18)15(16)12-7-5-4-6-11(12)8-9-13(15)17/h11-12H,2-10,16H2,1H3. The molecule has 4 heteroatoms.